The standard InChI is InChI=1S/C19H16N2O2S2/c1-2-13-8-10-14(11-9-13)12-16-18(23)21(19(24)25-16)20-17(22)15-6-4-3-5-7-15/h3-12H,2H2,1H3,(H,20,22)/b16-12-. The molecule has 0 aliphatic carbocycles. The molecule has 1 heterocycles. The molecule has 0 saturated carbocycles. The highest BCUT2D eigenvalue weighted by molar-refractivity contribution is 8.26. The molecule has 1 fully saturated rings. The van der Waals surface area contributed by atoms with E-state index in [-0.39, 0.29) is 11.8 Å². The summed E-state index contributed by atoms with van der Waals surface area (Å²) in [6.45, 7) is 2.09. The van der Waals surface area contributed by atoms with Gasteiger partial charge in [-0.1, -0.05) is 61.2 Å². The summed E-state index contributed by atoms with van der Waals surface area (Å²) in [7, 11) is 0. The van der Waals surface area contributed by atoms with E-state index in [1.54, 1.807) is 30.3 Å². The second kappa shape index (κ2) is 7.63. The van der Waals surface area contributed by atoms with Crippen LogP contribution in [-0.4, -0.2) is 21.1 Å². The number of benzene rings is 2. The molecule has 0 radical (unpaired) electrons. The zero-order valence-corrected chi connectivity index (χ0v) is 15.2. The summed E-state index contributed by atoms with van der Waals surface area (Å²) in [4.78, 5) is 25.3. The van der Waals surface area contributed by atoms with Gasteiger partial charge in [0, 0.05) is 5.56 Å². The predicted molar refractivity (Wildman–Crippen MR) is 105 cm³/mol. The molecule has 1 aliphatic rings. The van der Waals surface area contributed by atoms with E-state index < -0.39 is 0 Å². The molecule has 2 aromatic carbocycles. The number of hydrogen-bond donors (Lipinski definition) is 1. The van der Waals surface area contributed by atoms with Crippen LogP contribution in [0, 0.1) is 0 Å². The second-order valence-electron chi connectivity index (χ2n) is 5.42. The molecule has 0 bridgehead atoms. The van der Waals surface area contributed by atoms with Gasteiger partial charge in [0.2, 0.25) is 0 Å². The van der Waals surface area contributed by atoms with E-state index in [4.69, 9.17) is 12.2 Å². The van der Waals surface area contributed by atoms with Crippen LogP contribution in [0.2, 0.25) is 0 Å². The highest BCUT2D eigenvalue weighted by Crippen LogP contribution is 2.31. The van der Waals surface area contributed by atoms with Crippen molar-refractivity contribution in [3.63, 3.8) is 0 Å². The van der Waals surface area contributed by atoms with Crippen LogP contribution in [0.15, 0.2) is 59.5 Å². The van der Waals surface area contributed by atoms with Gasteiger partial charge in [0.05, 0.1) is 4.91 Å². The molecule has 1 saturated heterocycles. The molecule has 0 spiro atoms. The Labute approximate surface area is 155 Å². The van der Waals surface area contributed by atoms with Crippen LogP contribution >= 0.6 is 24.0 Å². The first-order valence-corrected chi connectivity index (χ1v) is 9.04. The van der Waals surface area contributed by atoms with Gasteiger partial charge in [0.15, 0.2) is 4.32 Å². The lowest BCUT2D eigenvalue weighted by molar-refractivity contribution is -0.123. The topological polar surface area (TPSA) is 49.4 Å². The lowest BCUT2D eigenvalue weighted by Gasteiger charge is -2.15. The first-order valence-electron chi connectivity index (χ1n) is 7.81. The Morgan fingerprint density at radius 3 is 2.48 bits per heavy atom. The molecule has 3 rings (SSSR count). The van der Waals surface area contributed by atoms with Gasteiger partial charge in [-0.05, 0) is 48.0 Å². The third kappa shape index (κ3) is 3.97. The van der Waals surface area contributed by atoms with Gasteiger partial charge in [-0.3, -0.25) is 15.0 Å². The molecule has 0 unspecified atom stereocenters. The number of nitrogens with one attached hydrogen (secondary N) is 1. The number of aryl methyl sites for hydroxylation is 1. The van der Waals surface area contributed by atoms with Crippen molar-refractivity contribution in [3.8, 4) is 0 Å². The zero-order chi connectivity index (χ0) is 17.8. The maximum Gasteiger partial charge on any atom is 0.285 e. The average Bonchev–Trinajstić information content (AvgIpc) is 2.90. The predicted octanol–water partition coefficient (Wildman–Crippen LogP) is 3.80. The van der Waals surface area contributed by atoms with E-state index >= 15 is 0 Å². The first kappa shape index (κ1) is 17.4. The van der Waals surface area contributed by atoms with Gasteiger partial charge in [-0.2, -0.15) is 5.01 Å². The minimum Gasteiger partial charge on any atom is -0.267 e. The number of thioether (sulfide) groups is 1. The van der Waals surface area contributed by atoms with E-state index in [1.165, 1.54) is 17.3 Å². The summed E-state index contributed by atoms with van der Waals surface area (Å²) in [5.41, 5.74) is 5.20. The normalized spacial score (nSPS) is 15.7. The third-order valence-corrected chi connectivity index (χ3v) is 5.03. The number of nitrogens with zero attached hydrogens (tertiary/aromatic N) is 1. The lowest BCUT2D eigenvalue weighted by atomic mass is 10.1. The van der Waals surface area contributed by atoms with E-state index in [0.717, 1.165) is 17.0 Å². The number of rotatable bonds is 4. The molecule has 126 valence electrons. The van der Waals surface area contributed by atoms with Crippen molar-refractivity contribution in [3.05, 3.63) is 76.2 Å². The molecular weight excluding hydrogens is 352 g/mol. The zero-order valence-electron chi connectivity index (χ0n) is 13.6. The Kier molecular flexibility index (Phi) is 5.31. The van der Waals surface area contributed by atoms with E-state index in [0.29, 0.717) is 14.8 Å². The smallest absolute Gasteiger partial charge is 0.267 e. The first-order chi connectivity index (χ1) is 12.1. The summed E-state index contributed by atoms with van der Waals surface area (Å²) < 4.78 is 0.311. The summed E-state index contributed by atoms with van der Waals surface area (Å²) in [5.74, 6) is -0.690. The Morgan fingerprint density at radius 1 is 1.16 bits per heavy atom. The van der Waals surface area contributed by atoms with Gasteiger partial charge in [0.1, 0.15) is 0 Å². The van der Waals surface area contributed by atoms with Gasteiger partial charge in [0.25, 0.3) is 11.8 Å². The second-order valence-corrected chi connectivity index (χ2v) is 7.09. The van der Waals surface area contributed by atoms with Gasteiger partial charge < -0.3 is 0 Å². The van der Waals surface area contributed by atoms with Crippen molar-refractivity contribution < 1.29 is 9.59 Å². The van der Waals surface area contributed by atoms with Crippen LogP contribution < -0.4 is 5.43 Å². The number of hydrazine groups is 1. The fourth-order valence-corrected chi connectivity index (χ4v) is 3.50. The number of carbonyl (C=O) groups excluding carboxylic acids is 2. The monoisotopic (exact) mass is 368 g/mol. The van der Waals surface area contributed by atoms with Crippen molar-refractivity contribution in [2.75, 3.05) is 0 Å². The van der Waals surface area contributed by atoms with Crippen molar-refractivity contribution in [1.82, 2.24) is 10.4 Å². The molecule has 0 aromatic heterocycles. The van der Waals surface area contributed by atoms with Gasteiger partial charge in [-0.15, -0.1) is 0 Å². The quantitative estimate of drug-likeness (QED) is 0.659. The molecule has 4 nitrogen and oxygen atoms in total. The van der Waals surface area contributed by atoms with Crippen LogP contribution in [-0.2, 0) is 11.2 Å². The molecule has 1 aliphatic heterocycles. The SMILES string of the molecule is CCc1ccc(/C=C2\SC(=S)N(NC(=O)c3ccccc3)C2=O)cc1. The Balaban J connectivity index is 1.75. The summed E-state index contributed by atoms with van der Waals surface area (Å²) >= 11 is 6.41. The highest BCUT2D eigenvalue weighted by Gasteiger charge is 2.33. The molecule has 0 atom stereocenters. The highest BCUT2D eigenvalue weighted by atomic mass is 32.2. The minimum absolute atomic E-state index is 0.311. The minimum atomic E-state index is -0.370. The lowest BCUT2D eigenvalue weighted by Crippen LogP contribution is -2.44. The molecule has 2 aromatic rings. The number of carbonyl (C=O) groups is 2. The van der Waals surface area contributed by atoms with Crippen LogP contribution in [0.3, 0.4) is 0 Å². The Morgan fingerprint density at radius 2 is 1.84 bits per heavy atom. The Bertz CT molecular complexity index is 845. The van der Waals surface area contributed by atoms with E-state index in [2.05, 4.69) is 12.3 Å². The summed E-state index contributed by atoms with van der Waals surface area (Å²) in [5, 5.41) is 1.13. The summed E-state index contributed by atoms with van der Waals surface area (Å²) in [6, 6.07) is 16.7. The maximum atomic E-state index is 12.5. The Hall–Kier alpha value is -2.44. The van der Waals surface area contributed by atoms with Crippen molar-refractivity contribution >= 4 is 46.2 Å². The third-order valence-electron chi connectivity index (χ3n) is 3.73. The maximum absolute atomic E-state index is 12.5. The van der Waals surface area contributed by atoms with Crippen molar-refractivity contribution in [2.45, 2.75) is 13.3 Å². The molecule has 6 heteroatoms. The molecule has 25 heavy (non-hydrogen) atoms. The largest absolute Gasteiger partial charge is 0.285 e. The van der Waals surface area contributed by atoms with Gasteiger partial charge >= 0.3 is 0 Å². The molecule has 1 N–H and O–H groups in total. The average molecular weight is 368 g/mol. The number of thiocarbonyl (C=S) groups is 1. The van der Waals surface area contributed by atoms with Crippen molar-refractivity contribution in [2.24, 2.45) is 0 Å². The van der Waals surface area contributed by atoms with Crippen LogP contribution in [0.25, 0.3) is 6.08 Å². The van der Waals surface area contributed by atoms with Gasteiger partial charge in [-0.25, -0.2) is 0 Å². The molecular formula is C19H16N2O2S2. The van der Waals surface area contributed by atoms with Crippen LogP contribution in [0.5, 0.6) is 0 Å². The van der Waals surface area contributed by atoms with E-state index in [9.17, 15) is 9.59 Å². The number of hydrogen-bond acceptors (Lipinski definition) is 4. The number of amides is 2. The summed E-state index contributed by atoms with van der Waals surface area (Å²) in [6.07, 6.45) is 2.75. The van der Waals surface area contributed by atoms with Crippen LogP contribution in [0.4, 0.5) is 0 Å². The van der Waals surface area contributed by atoms with Crippen LogP contribution in [0.1, 0.15) is 28.4 Å². The van der Waals surface area contributed by atoms with Crippen molar-refractivity contribution in [1.29, 1.82) is 0 Å². The van der Waals surface area contributed by atoms with E-state index in [1.807, 2.05) is 30.3 Å². The fourth-order valence-electron chi connectivity index (χ4n) is 2.32. The fraction of sp³-hybridized carbons (Fsp3) is 0.105. The molecule has 2 amide bonds.